The average Bonchev–Trinajstić information content (AvgIpc) is 3.15. The third-order valence-corrected chi connectivity index (χ3v) is 5.40. The van der Waals surface area contributed by atoms with Crippen LogP contribution in [0.2, 0.25) is 5.02 Å². The molecule has 31 heavy (non-hydrogen) atoms. The first-order valence-electron chi connectivity index (χ1n) is 9.86. The Morgan fingerprint density at radius 2 is 1.81 bits per heavy atom. The van der Waals surface area contributed by atoms with E-state index in [-0.39, 0.29) is 5.91 Å². The maximum Gasteiger partial charge on any atom is 0.253 e. The van der Waals surface area contributed by atoms with Crippen molar-refractivity contribution < 1.29 is 9.53 Å². The van der Waals surface area contributed by atoms with Crippen LogP contribution in [-0.4, -0.2) is 22.6 Å². The summed E-state index contributed by atoms with van der Waals surface area (Å²) in [5.74, 6) is 0.613. The quantitative estimate of drug-likeness (QED) is 0.442. The third-order valence-electron chi connectivity index (χ3n) is 5.15. The number of hydrogen-bond donors (Lipinski definition) is 1. The summed E-state index contributed by atoms with van der Waals surface area (Å²) in [6.07, 6.45) is 3.43. The normalized spacial score (nSPS) is 10.7. The van der Waals surface area contributed by atoms with Crippen molar-refractivity contribution in [2.75, 3.05) is 7.11 Å². The molecule has 4 aromatic rings. The number of pyridine rings is 1. The second kappa shape index (κ2) is 9.06. The molecule has 6 heteroatoms. The zero-order valence-electron chi connectivity index (χ0n) is 17.3. The smallest absolute Gasteiger partial charge is 0.253 e. The van der Waals surface area contributed by atoms with Gasteiger partial charge < -0.3 is 14.6 Å². The van der Waals surface area contributed by atoms with Crippen LogP contribution in [0, 0.1) is 6.92 Å². The molecule has 1 N–H and O–H groups in total. The zero-order chi connectivity index (χ0) is 21.8. The van der Waals surface area contributed by atoms with E-state index in [1.807, 2.05) is 73.7 Å². The molecule has 0 radical (unpaired) electrons. The highest BCUT2D eigenvalue weighted by Crippen LogP contribution is 2.31. The molecule has 0 unspecified atom stereocenters. The second-order valence-corrected chi connectivity index (χ2v) is 7.55. The Hall–Kier alpha value is -3.57. The van der Waals surface area contributed by atoms with Crippen LogP contribution in [0.4, 0.5) is 0 Å². The minimum Gasteiger partial charge on any atom is -0.497 e. The Bertz CT molecular complexity index is 1200. The van der Waals surface area contributed by atoms with Crippen molar-refractivity contribution in [1.29, 1.82) is 0 Å². The van der Waals surface area contributed by atoms with Crippen molar-refractivity contribution in [2.24, 2.45) is 0 Å². The van der Waals surface area contributed by atoms with E-state index < -0.39 is 0 Å². The lowest BCUT2D eigenvalue weighted by Gasteiger charge is -2.13. The average molecular weight is 432 g/mol. The zero-order valence-corrected chi connectivity index (χ0v) is 18.1. The largest absolute Gasteiger partial charge is 0.497 e. The fourth-order valence-electron chi connectivity index (χ4n) is 3.53. The number of ether oxygens (including phenoxy) is 1. The Morgan fingerprint density at radius 3 is 2.52 bits per heavy atom. The van der Waals surface area contributed by atoms with E-state index in [1.54, 1.807) is 19.5 Å². The maximum atomic E-state index is 13.1. The second-order valence-electron chi connectivity index (χ2n) is 7.11. The van der Waals surface area contributed by atoms with Crippen LogP contribution in [-0.2, 0) is 6.54 Å². The fourth-order valence-corrected chi connectivity index (χ4v) is 3.66. The molecule has 1 amide bonds. The highest BCUT2D eigenvalue weighted by molar-refractivity contribution is 6.30. The fraction of sp³-hybridized carbons (Fsp3) is 0.120. The van der Waals surface area contributed by atoms with E-state index in [4.69, 9.17) is 16.3 Å². The predicted octanol–water partition coefficient (Wildman–Crippen LogP) is 5.44. The van der Waals surface area contributed by atoms with Gasteiger partial charge in [0, 0.05) is 41.4 Å². The van der Waals surface area contributed by atoms with Crippen molar-refractivity contribution in [3.63, 3.8) is 0 Å². The number of aromatic nitrogens is 2. The number of hydrogen-bond acceptors (Lipinski definition) is 3. The Kier molecular flexibility index (Phi) is 6.05. The first kappa shape index (κ1) is 20.7. The van der Waals surface area contributed by atoms with E-state index in [0.717, 1.165) is 34.0 Å². The lowest BCUT2D eigenvalue weighted by Crippen LogP contribution is -2.23. The summed E-state index contributed by atoms with van der Waals surface area (Å²) in [6, 6.07) is 21.0. The number of carbonyl (C=O) groups is 1. The Balaban J connectivity index is 1.76. The van der Waals surface area contributed by atoms with Gasteiger partial charge in [0.05, 0.1) is 18.4 Å². The molecule has 0 bridgehead atoms. The van der Waals surface area contributed by atoms with Gasteiger partial charge in [0.15, 0.2) is 0 Å². The maximum absolute atomic E-state index is 13.1. The van der Waals surface area contributed by atoms with E-state index in [1.165, 1.54) is 0 Å². The van der Waals surface area contributed by atoms with Crippen molar-refractivity contribution in [3.8, 4) is 22.7 Å². The molecule has 4 rings (SSSR count). The molecule has 2 aromatic heterocycles. The number of carbonyl (C=O) groups excluding carboxylic acids is 1. The molecule has 2 heterocycles. The minimum atomic E-state index is -0.133. The van der Waals surface area contributed by atoms with Crippen molar-refractivity contribution in [1.82, 2.24) is 14.9 Å². The molecule has 0 aliphatic rings. The first-order valence-corrected chi connectivity index (χ1v) is 10.2. The predicted molar refractivity (Wildman–Crippen MR) is 123 cm³/mol. The molecule has 0 spiro atoms. The highest BCUT2D eigenvalue weighted by Gasteiger charge is 2.20. The molecular formula is C25H22ClN3O2. The number of methoxy groups -OCH3 is 1. The SMILES string of the molecule is COc1cccc(-n2c(-c3ccc(Cl)cc3)cc(C(=O)NCc3ccncc3)c2C)c1. The number of nitrogens with zero attached hydrogens (tertiary/aromatic N) is 2. The summed E-state index contributed by atoms with van der Waals surface area (Å²) in [7, 11) is 1.64. The first-order chi connectivity index (χ1) is 15.1. The van der Waals surface area contributed by atoms with Gasteiger partial charge in [-0.05, 0) is 60.5 Å². The molecule has 0 atom stereocenters. The summed E-state index contributed by atoms with van der Waals surface area (Å²) in [4.78, 5) is 17.1. The third kappa shape index (κ3) is 4.47. The molecule has 0 aliphatic heterocycles. The number of nitrogens with one attached hydrogen (secondary N) is 1. The van der Waals surface area contributed by atoms with E-state index in [2.05, 4.69) is 14.9 Å². The number of amides is 1. The molecule has 156 valence electrons. The molecular weight excluding hydrogens is 410 g/mol. The Labute approximate surface area is 186 Å². The van der Waals surface area contributed by atoms with Gasteiger partial charge in [-0.1, -0.05) is 29.8 Å². The van der Waals surface area contributed by atoms with E-state index in [9.17, 15) is 4.79 Å². The van der Waals surface area contributed by atoms with Crippen molar-refractivity contribution >= 4 is 17.5 Å². The molecule has 0 aliphatic carbocycles. The lowest BCUT2D eigenvalue weighted by atomic mass is 10.1. The van der Waals surface area contributed by atoms with Gasteiger partial charge >= 0.3 is 0 Å². The molecule has 0 fully saturated rings. The van der Waals surface area contributed by atoms with E-state index in [0.29, 0.717) is 17.1 Å². The lowest BCUT2D eigenvalue weighted by molar-refractivity contribution is 0.0950. The standard InChI is InChI=1S/C25H22ClN3O2/c1-17-23(25(30)28-16-18-10-12-27-13-11-18)15-24(19-6-8-20(26)9-7-19)29(17)21-4-3-5-22(14-21)31-2/h3-15H,16H2,1-2H3,(H,28,30). The molecule has 5 nitrogen and oxygen atoms in total. The highest BCUT2D eigenvalue weighted by atomic mass is 35.5. The van der Waals surface area contributed by atoms with Crippen LogP contribution >= 0.6 is 11.6 Å². The van der Waals surface area contributed by atoms with Gasteiger partial charge in [-0.3, -0.25) is 9.78 Å². The van der Waals surface area contributed by atoms with Crippen LogP contribution in [0.15, 0.2) is 79.1 Å². The summed E-state index contributed by atoms with van der Waals surface area (Å²) in [6.45, 7) is 2.38. The van der Waals surface area contributed by atoms with Gasteiger partial charge in [-0.25, -0.2) is 0 Å². The van der Waals surface area contributed by atoms with Gasteiger partial charge in [0.2, 0.25) is 0 Å². The number of halogens is 1. The topological polar surface area (TPSA) is 56.1 Å². The minimum absolute atomic E-state index is 0.133. The number of rotatable bonds is 6. The van der Waals surface area contributed by atoms with Gasteiger partial charge in [0.1, 0.15) is 5.75 Å². The van der Waals surface area contributed by atoms with Crippen LogP contribution in [0.1, 0.15) is 21.6 Å². The Morgan fingerprint density at radius 1 is 1.06 bits per heavy atom. The van der Waals surface area contributed by atoms with Crippen LogP contribution in [0.3, 0.4) is 0 Å². The summed E-state index contributed by atoms with van der Waals surface area (Å²) < 4.78 is 7.47. The number of benzene rings is 2. The molecule has 0 saturated heterocycles. The van der Waals surface area contributed by atoms with Gasteiger partial charge in [0.25, 0.3) is 5.91 Å². The van der Waals surface area contributed by atoms with E-state index >= 15 is 0 Å². The van der Waals surface area contributed by atoms with Crippen molar-refractivity contribution in [2.45, 2.75) is 13.5 Å². The summed E-state index contributed by atoms with van der Waals surface area (Å²) >= 11 is 6.09. The van der Waals surface area contributed by atoms with Crippen LogP contribution in [0.5, 0.6) is 5.75 Å². The molecule has 2 aromatic carbocycles. The van der Waals surface area contributed by atoms with Crippen molar-refractivity contribution in [3.05, 3.63) is 101 Å². The summed E-state index contributed by atoms with van der Waals surface area (Å²) in [5, 5.41) is 3.67. The van der Waals surface area contributed by atoms with Crippen LogP contribution < -0.4 is 10.1 Å². The summed E-state index contributed by atoms with van der Waals surface area (Å²) in [5.41, 5.74) is 5.22. The van der Waals surface area contributed by atoms with Crippen LogP contribution in [0.25, 0.3) is 16.9 Å². The molecule has 0 saturated carbocycles. The monoisotopic (exact) mass is 431 g/mol. The van der Waals surface area contributed by atoms with Gasteiger partial charge in [-0.2, -0.15) is 0 Å². The van der Waals surface area contributed by atoms with Gasteiger partial charge in [-0.15, -0.1) is 0 Å².